The summed E-state index contributed by atoms with van der Waals surface area (Å²) >= 11 is -1.72. The summed E-state index contributed by atoms with van der Waals surface area (Å²) in [5, 5.41) is 0. The second kappa shape index (κ2) is 6.13. The van der Waals surface area contributed by atoms with Gasteiger partial charge in [-0.1, -0.05) is 0 Å². The van der Waals surface area contributed by atoms with Gasteiger partial charge in [-0.3, -0.25) is 0 Å². The van der Waals surface area contributed by atoms with Gasteiger partial charge in [0, 0.05) is 0 Å². The fraction of sp³-hybridized carbons (Fsp3) is 0. The summed E-state index contributed by atoms with van der Waals surface area (Å²) in [7, 11) is 14.8. The second-order valence-corrected chi connectivity index (χ2v) is 6.68. The van der Waals surface area contributed by atoms with Crippen LogP contribution in [0.1, 0.15) is 0 Å². The minimum Gasteiger partial charge on any atom is -0.214 e. The van der Waals surface area contributed by atoms with Gasteiger partial charge in [-0.2, -0.15) is 0 Å². The third kappa shape index (κ3) is 23.0. The highest BCUT2D eigenvalue weighted by Gasteiger charge is 2.00. The summed E-state index contributed by atoms with van der Waals surface area (Å²) in [6, 6.07) is 0. The van der Waals surface area contributed by atoms with Gasteiger partial charge < -0.3 is 0 Å². The topological polar surface area (TPSA) is 0 Å². The normalized spacial score (nSPS) is 5.40. The third-order valence-electron chi connectivity index (χ3n) is 0. The lowest BCUT2D eigenvalue weighted by atomic mass is 26.6. The number of halogens is 4. The molecular weight excluding hydrogens is 260 g/mol. The smallest absolute Gasteiger partial charge is 0.214 e. The van der Waals surface area contributed by atoms with Crippen LogP contribution in [-0.4, -0.2) is 11.4 Å². The summed E-state index contributed by atoms with van der Waals surface area (Å²) in [5.74, 6) is 0. The van der Waals surface area contributed by atoms with Gasteiger partial charge in [0.1, 0.15) is 0 Å². The van der Waals surface area contributed by atoms with Crippen LogP contribution in [0.4, 0.5) is 0 Å². The van der Waals surface area contributed by atoms with Crippen LogP contribution in [0.15, 0.2) is 0 Å². The average molecular weight is 261 g/mol. The molecule has 5 heteroatoms. The number of hydrogen-bond donors (Lipinski definition) is 0. The molecule has 0 aromatic carbocycles. The molecule has 5 heavy (non-hydrogen) atoms. The molecule has 32 valence electrons. The Morgan fingerprint density at radius 2 is 1.00 bits per heavy atom. The van der Waals surface area contributed by atoms with E-state index >= 15 is 0 Å². The standard InChI is InChI=1S/Al.3ClH.HI/h;4*1H/q+3;;;;/p-3. The fourth-order valence-electron chi connectivity index (χ4n) is 0. The quantitative estimate of drug-likeness (QED) is 0.463. The molecule has 0 aliphatic rings. The SMILES string of the molecule is I.[Cl][Al]([Cl])[Cl]. The monoisotopic (exact) mass is 260 g/mol. The Morgan fingerprint density at radius 3 is 1.00 bits per heavy atom. The Kier molecular flexibility index (Phi) is 12.5. The van der Waals surface area contributed by atoms with E-state index in [1.54, 1.807) is 0 Å². The number of hydrogen-bond acceptors (Lipinski definition) is 0. The highest BCUT2D eigenvalue weighted by molar-refractivity contribution is 14.0. The van der Waals surface area contributed by atoms with E-state index in [-0.39, 0.29) is 24.0 Å². The molecule has 0 aliphatic heterocycles. The van der Waals surface area contributed by atoms with E-state index in [4.69, 9.17) is 30.1 Å². The van der Waals surface area contributed by atoms with Crippen molar-refractivity contribution in [3.8, 4) is 0 Å². The predicted octanol–water partition coefficient (Wildman–Crippen LogP) is 2.31. The molecule has 0 saturated heterocycles. The molecule has 0 radical (unpaired) electrons. The molecule has 0 nitrogen and oxygen atoms in total. The maximum Gasteiger partial charge on any atom is 0.643 e. The zero-order valence-electron chi connectivity index (χ0n) is 2.12. The predicted molar refractivity (Wildman–Crippen MR) is 38.7 cm³/mol. The van der Waals surface area contributed by atoms with E-state index in [1.807, 2.05) is 0 Å². The molecule has 0 saturated carbocycles. The lowest BCUT2D eigenvalue weighted by Gasteiger charge is -1.57. The zero-order chi connectivity index (χ0) is 3.58. The summed E-state index contributed by atoms with van der Waals surface area (Å²) < 4.78 is 0. The zero-order valence-corrected chi connectivity index (χ0v) is 7.87. The first kappa shape index (κ1) is 10.2. The van der Waals surface area contributed by atoms with Crippen molar-refractivity contribution in [3.63, 3.8) is 0 Å². The van der Waals surface area contributed by atoms with Crippen molar-refractivity contribution < 1.29 is 0 Å². The summed E-state index contributed by atoms with van der Waals surface area (Å²) in [6.45, 7) is 0. The Bertz CT molecular complexity index is 11.6. The lowest BCUT2D eigenvalue weighted by molar-refractivity contribution is 4.07. The minimum absolute atomic E-state index is 0. The van der Waals surface area contributed by atoms with Gasteiger partial charge in [-0.25, -0.2) is 30.1 Å². The molecule has 0 spiro atoms. The maximum atomic E-state index is 4.94. The van der Waals surface area contributed by atoms with Crippen LogP contribution >= 0.6 is 54.1 Å². The lowest BCUT2D eigenvalue weighted by Crippen LogP contribution is -1.66. The van der Waals surface area contributed by atoms with Gasteiger partial charge in [0.15, 0.2) is 0 Å². The third-order valence-corrected chi connectivity index (χ3v) is 0. The van der Waals surface area contributed by atoms with E-state index in [9.17, 15) is 0 Å². The molecule has 0 N–H and O–H groups in total. The van der Waals surface area contributed by atoms with Gasteiger partial charge in [-0.15, -0.1) is 24.0 Å². The van der Waals surface area contributed by atoms with Crippen molar-refractivity contribution in [2.24, 2.45) is 0 Å². The van der Waals surface area contributed by atoms with Crippen LogP contribution in [-0.2, 0) is 0 Å². The highest BCUT2D eigenvalue weighted by Crippen LogP contribution is 1.97. The van der Waals surface area contributed by atoms with Crippen molar-refractivity contribution in [3.05, 3.63) is 0 Å². The highest BCUT2D eigenvalue weighted by atomic mass is 127. The van der Waals surface area contributed by atoms with E-state index in [1.165, 1.54) is 0 Å². The molecular formula is HAlCl3I. The Morgan fingerprint density at radius 1 is 1.00 bits per heavy atom. The maximum absolute atomic E-state index is 4.94. The van der Waals surface area contributed by atoms with Gasteiger partial charge in [0.25, 0.3) is 0 Å². The van der Waals surface area contributed by atoms with Crippen LogP contribution < -0.4 is 0 Å². The molecule has 0 fully saturated rings. The van der Waals surface area contributed by atoms with Crippen molar-refractivity contribution in [1.29, 1.82) is 0 Å². The molecule has 0 heterocycles. The molecule has 0 bridgehead atoms. The van der Waals surface area contributed by atoms with Crippen LogP contribution in [0.5, 0.6) is 0 Å². The van der Waals surface area contributed by atoms with Crippen LogP contribution in [0.3, 0.4) is 0 Å². The van der Waals surface area contributed by atoms with E-state index < -0.39 is 11.4 Å². The van der Waals surface area contributed by atoms with Gasteiger partial charge >= 0.3 is 11.4 Å². The van der Waals surface area contributed by atoms with Crippen LogP contribution in [0.2, 0.25) is 0 Å². The van der Waals surface area contributed by atoms with E-state index in [0.717, 1.165) is 0 Å². The molecule has 0 atom stereocenters. The minimum atomic E-state index is -1.72. The molecule has 0 amide bonds. The first-order valence-corrected chi connectivity index (χ1v) is 5.89. The number of rotatable bonds is 0. The van der Waals surface area contributed by atoms with Crippen molar-refractivity contribution in [1.82, 2.24) is 0 Å². The summed E-state index contributed by atoms with van der Waals surface area (Å²) in [6.07, 6.45) is 0. The Labute approximate surface area is 64.8 Å². The average Bonchev–Trinajstić information content (AvgIpc) is 0.811. The second-order valence-electron chi connectivity index (χ2n) is 0.247. The summed E-state index contributed by atoms with van der Waals surface area (Å²) in [5.41, 5.74) is 0. The summed E-state index contributed by atoms with van der Waals surface area (Å²) in [4.78, 5) is 0. The van der Waals surface area contributed by atoms with E-state index in [2.05, 4.69) is 0 Å². The van der Waals surface area contributed by atoms with Crippen LogP contribution in [0, 0.1) is 0 Å². The molecule has 0 rings (SSSR count). The van der Waals surface area contributed by atoms with Crippen molar-refractivity contribution in [2.75, 3.05) is 0 Å². The molecule has 0 aliphatic carbocycles. The van der Waals surface area contributed by atoms with Gasteiger partial charge in [-0.05, 0) is 0 Å². The largest absolute Gasteiger partial charge is 0.643 e. The molecule has 0 aromatic heterocycles. The van der Waals surface area contributed by atoms with Gasteiger partial charge in [0.2, 0.25) is 0 Å². The molecule has 0 aromatic rings. The van der Waals surface area contributed by atoms with Crippen molar-refractivity contribution in [2.45, 2.75) is 0 Å². The van der Waals surface area contributed by atoms with Crippen molar-refractivity contribution >= 4 is 65.5 Å². The molecule has 0 unspecified atom stereocenters. The fourth-order valence-corrected chi connectivity index (χ4v) is 0. The first-order valence-electron chi connectivity index (χ1n) is 0.655. The Hall–Kier alpha value is 2.13. The van der Waals surface area contributed by atoms with Gasteiger partial charge in [0.05, 0.1) is 0 Å². The van der Waals surface area contributed by atoms with Crippen LogP contribution in [0.25, 0.3) is 0 Å². The first-order chi connectivity index (χ1) is 1.73. The Balaban J connectivity index is 0. The van der Waals surface area contributed by atoms with E-state index in [0.29, 0.717) is 0 Å².